The molecule has 1 aromatic rings. The number of hydrogen-bond donors (Lipinski definition) is 1. The molecule has 1 N–H and O–H groups in total. The van der Waals surface area contributed by atoms with Crippen molar-refractivity contribution in [2.75, 3.05) is 0 Å². The fourth-order valence-corrected chi connectivity index (χ4v) is 3.15. The van der Waals surface area contributed by atoms with E-state index in [9.17, 15) is 5.11 Å². The van der Waals surface area contributed by atoms with Crippen molar-refractivity contribution in [3.05, 3.63) is 34.9 Å². The molecule has 1 aliphatic carbocycles. The minimum atomic E-state index is -0.217. The molecule has 1 atom stereocenters. The number of rotatable bonds is 5. The summed E-state index contributed by atoms with van der Waals surface area (Å²) in [4.78, 5) is 0. The Bertz CT molecular complexity index is 358. The lowest BCUT2D eigenvalue weighted by atomic mass is 9.85. The van der Waals surface area contributed by atoms with Crippen LogP contribution in [0.5, 0.6) is 0 Å². The molecule has 0 spiro atoms. The highest BCUT2D eigenvalue weighted by atomic mass is 35.5. The molecule has 0 aromatic heterocycles. The van der Waals surface area contributed by atoms with Crippen molar-refractivity contribution in [2.24, 2.45) is 5.92 Å². The van der Waals surface area contributed by atoms with Gasteiger partial charge in [-0.1, -0.05) is 55.8 Å². The third-order valence-corrected chi connectivity index (χ3v) is 4.23. The van der Waals surface area contributed by atoms with Crippen LogP contribution < -0.4 is 0 Å². The van der Waals surface area contributed by atoms with Gasteiger partial charge in [-0.3, -0.25) is 0 Å². The Morgan fingerprint density at radius 1 is 1.22 bits per heavy atom. The SMILES string of the molecule is OC(CCC1CCCCC1)Cc1cccc(Cl)c1. The second-order valence-corrected chi connectivity index (χ2v) is 6.01. The zero-order valence-electron chi connectivity index (χ0n) is 10.9. The van der Waals surface area contributed by atoms with Crippen molar-refractivity contribution in [3.63, 3.8) is 0 Å². The van der Waals surface area contributed by atoms with Crippen molar-refractivity contribution in [3.8, 4) is 0 Å². The van der Waals surface area contributed by atoms with Gasteiger partial charge in [0.25, 0.3) is 0 Å². The number of aliphatic hydroxyl groups is 1. The molecule has 0 heterocycles. The number of hydrogen-bond acceptors (Lipinski definition) is 1. The first-order valence-electron chi connectivity index (χ1n) is 7.16. The topological polar surface area (TPSA) is 20.2 Å². The molecule has 100 valence electrons. The van der Waals surface area contributed by atoms with Crippen molar-refractivity contribution >= 4 is 11.6 Å². The summed E-state index contributed by atoms with van der Waals surface area (Å²) in [5, 5.41) is 10.8. The van der Waals surface area contributed by atoms with Crippen LogP contribution in [0.25, 0.3) is 0 Å². The van der Waals surface area contributed by atoms with Crippen LogP contribution in [-0.4, -0.2) is 11.2 Å². The molecular formula is C16H23ClO. The Morgan fingerprint density at radius 3 is 2.72 bits per heavy atom. The molecule has 0 radical (unpaired) electrons. The van der Waals surface area contributed by atoms with Gasteiger partial charge in [0.1, 0.15) is 0 Å². The number of halogens is 1. The van der Waals surface area contributed by atoms with Gasteiger partial charge in [-0.05, 0) is 42.9 Å². The van der Waals surface area contributed by atoms with E-state index in [2.05, 4.69) is 0 Å². The molecule has 0 bridgehead atoms. The average molecular weight is 267 g/mol. The lowest BCUT2D eigenvalue weighted by Crippen LogP contribution is -2.14. The summed E-state index contributed by atoms with van der Waals surface area (Å²) in [6, 6.07) is 7.81. The van der Waals surface area contributed by atoms with Crippen molar-refractivity contribution in [1.29, 1.82) is 0 Å². The molecular weight excluding hydrogens is 244 g/mol. The average Bonchev–Trinajstić information content (AvgIpc) is 2.38. The van der Waals surface area contributed by atoms with Crippen molar-refractivity contribution in [2.45, 2.75) is 57.5 Å². The first kappa shape index (κ1) is 13.9. The smallest absolute Gasteiger partial charge is 0.0580 e. The Morgan fingerprint density at radius 2 is 2.00 bits per heavy atom. The lowest BCUT2D eigenvalue weighted by molar-refractivity contribution is 0.149. The van der Waals surface area contributed by atoms with E-state index < -0.39 is 0 Å². The molecule has 1 nitrogen and oxygen atoms in total. The lowest BCUT2D eigenvalue weighted by Gasteiger charge is -2.22. The van der Waals surface area contributed by atoms with E-state index in [0.29, 0.717) is 0 Å². The summed E-state index contributed by atoms with van der Waals surface area (Å²) in [5.74, 6) is 0.854. The highest BCUT2D eigenvalue weighted by Gasteiger charge is 2.15. The van der Waals surface area contributed by atoms with Crippen LogP contribution >= 0.6 is 11.6 Å². The molecule has 1 unspecified atom stereocenters. The highest BCUT2D eigenvalue weighted by molar-refractivity contribution is 6.30. The zero-order chi connectivity index (χ0) is 12.8. The Kier molecular flexibility index (Phi) is 5.52. The molecule has 2 heteroatoms. The maximum absolute atomic E-state index is 10.1. The third-order valence-electron chi connectivity index (χ3n) is 3.99. The van der Waals surface area contributed by atoms with Gasteiger partial charge in [0.2, 0.25) is 0 Å². The van der Waals surface area contributed by atoms with Gasteiger partial charge in [0.05, 0.1) is 6.10 Å². The minimum Gasteiger partial charge on any atom is -0.393 e. The van der Waals surface area contributed by atoms with Gasteiger partial charge in [-0.25, -0.2) is 0 Å². The molecule has 0 amide bonds. The molecule has 0 aliphatic heterocycles. The minimum absolute atomic E-state index is 0.217. The fraction of sp³-hybridized carbons (Fsp3) is 0.625. The molecule has 1 aromatic carbocycles. The molecule has 2 rings (SSSR count). The maximum atomic E-state index is 10.1. The van der Waals surface area contributed by atoms with Crippen LogP contribution in [0.3, 0.4) is 0 Å². The molecule has 0 saturated heterocycles. The largest absolute Gasteiger partial charge is 0.393 e. The first-order chi connectivity index (χ1) is 8.74. The number of aliphatic hydroxyl groups excluding tert-OH is 1. The van der Waals surface area contributed by atoms with Gasteiger partial charge in [0, 0.05) is 5.02 Å². The van der Waals surface area contributed by atoms with Crippen molar-refractivity contribution < 1.29 is 5.11 Å². The summed E-state index contributed by atoms with van der Waals surface area (Å²) in [7, 11) is 0. The van der Waals surface area contributed by atoms with Gasteiger partial charge in [0.15, 0.2) is 0 Å². The zero-order valence-corrected chi connectivity index (χ0v) is 11.7. The first-order valence-corrected chi connectivity index (χ1v) is 7.54. The van der Waals surface area contributed by atoms with Crippen LogP contribution in [0.15, 0.2) is 24.3 Å². The van der Waals surface area contributed by atoms with Gasteiger partial charge >= 0.3 is 0 Å². The normalized spacial score (nSPS) is 18.8. The molecule has 1 saturated carbocycles. The summed E-state index contributed by atoms with van der Waals surface area (Å²) in [6.45, 7) is 0. The monoisotopic (exact) mass is 266 g/mol. The van der Waals surface area contributed by atoms with E-state index in [-0.39, 0.29) is 6.10 Å². The Labute approximate surface area is 115 Å². The van der Waals surface area contributed by atoms with Crippen LogP contribution in [0, 0.1) is 5.92 Å². The van der Waals surface area contributed by atoms with Crippen LogP contribution in [0.1, 0.15) is 50.5 Å². The summed E-state index contributed by atoms with van der Waals surface area (Å²) >= 11 is 5.95. The van der Waals surface area contributed by atoms with E-state index in [1.807, 2.05) is 24.3 Å². The Balaban J connectivity index is 1.72. The maximum Gasteiger partial charge on any atom is 0.0580 e. The fourth-order valence-electron chi connectivity index (χ4n) is 2.94. The van der Waals surface area contributed by atoms with Crippen LogP contribution in [0.4, 0.5) is 0 Å². The predicted octanol–water partition coefficient (Wildman–Crippen LogP) is 4.60. The standard InChI is InChI=1S/C16H23ClO/c17-15-8-4-7-14(11-15)12-16(18)10-9-13-5-2-1-3-6-13/h4,7-8,11,13,16,18H,1-3,5-6,9-10,12H2. The number of benzene rings is 1. The van der Waals surface area contributed by atoms with E-state index >= 15 is 0 Å². The van der Waals surface area contributed by atoms with Gasteiger partial charge < -0.3 is 5.11 Å². The van der Waals surface area contributed by atoms with E-state index in [1.165, 1.54) is 38.5 Å². The molecule has 18 heavy (non-hydrogen) atoms. The molecule has 1 aliphatic rings. The summed E-state index contributed by atoms with van der Waals surface area (Å²) < 4.78 is 0. The third kappa shape index (κ3) is 4.62. The Hall–Kier alpha value is -0.530. The predicted molar refractivity (Wildman–Crippen MR) is 77.0 cm³/mol. The molecule has 1 fully saturated rings. The van der Waals surface area contributed by atoms with E-state index in [1.54, 1.807) is 0 Å². The summed E-state index contributed by atoms with van der Waals surface area (Å²) in [6.07, 6.45) is 9.52. The second kappa shape index (κ2) is 7.16. The van der Waals surface area contributed by atoms with Gasteiger partial charge in [-0.2, -0.15) is 0 Å². The van der Waals surface area contributed by atoms with E-state index in [0.717, 1.165) is 29.3 Å². The second-order valence-electron chi connectivity index (χ2n) is 5.57. The van der Waals surface area contributed by atoms with E-state index in [4.69, 9.17) is 11.6 Å². The quantitative estimate of drug-likeness (QED) is 0.826. The summed E-state index contributed by atoms with van der Waals surface area (Å²) in [5.41, 5.74) is 1.14. The van der Waals surface area contributed by atoms with Crippen LogP contribution in [-0.2, 0) is 6.42 Å². The highest BCUT2D eigenvalue weighted by Crippen LogP contribution is 2.28. The van der Waals surface area contributed by atoms with Crippen molar-refractivity contribution in [1.82, 2.24) is 0 Å². The van der Waals surface area contributed by atoms with Gasteiger partial charge in [-0.15, -0.1) is 0 Å². The van der Waals surface area contributed by atoms with Crippen LogP contribution in [0.2, 0.25) is 5.02 Å².